The molecule has 1 aliphatic carbocycles. The van der Waals surface area contributed by atoms with Gasteiger partial charge in [-0.1, -0.05) is 18.2 Å². The molecule has 0 saturated heterocycles. The normalized spacial score (nSPS) is 28.1. The zero-order valence-corrected chi connectivity index (χ0v) is 11.4. The molecule has 1 aliphatic rings. The van der Waals surface area contributed by atoms with E-state index in [1.165, 1.54) is 5.69 Å². The summed E-state index contributed by atoms with van der Waals surface area (Å²) in [5, 5.41) is 13.5. The second-order valence-corrected chi connectivity index (χ2v) is 5.43. The molecule has 0 atom stereocenters. The number of hydrogen-bond acceptors (Lipinski definition) is 3. The van der Waals surface area contributed by atoms with Crippen LogP contribution in [0.15, 0.2) is 30.3 Å². The average Bonchev–Trinajstić information content (AvgIpc) is 2.40. The Kier molecular flexibility index (Phi) is 4.25. The number of nitrogens with one attached hydrogen (secondary N) is 1. The molecule has 2 N–H and O–H groups in total. The number of likely N-dealkylation sites (N-methyl/N-ethyl adjacent to an activating group) is 1. The topological polar surface area (TPSA) is 35.5 Å². The molecular formula is C15H24N2O. The lowest BCUT2D eigenvalue weighted by Crippen LogP contribution is -2.46. The van der Waals surface area contributed by atoms with Gasteiger partial charge in [0.2, 0.25) is 0 Å². The molecule has 1 saturated carbocycles. The standard InChI is InChI=1S/C15H24N2O/c1-16-12-15(18)10-8-14(9-11-15)17(2)13-6-4-3-5-7-13/h3-7,14,16,18H,8-12H2,1-2H3. The zero-order valence-electron chi connectivity index (χ0n) is 11.4. The third-order valence-electron chi connectivity index (χ3n) is 4.10. The van der Waals surface area contributed by atoms with Crippen LogP contribution in [-0.4, -0.2) is 37.4 Å². The van der Waals surface area contributed by atoms with E-state index >= 15 is 0 Å². The van der Waals surface area contributed by atoms with Gasteiger partial charge in [0.25, 0.3) is 0 Å². The number of hydrogen-bond donors (Lipinski definition) is 2. The Labute approximate surface area is 110 Å². The summed E-state index contributed by atoms with van der Waals surface area (Å²) in [6, 6.07) is 11.0. The van der Waals surface area contributed by atoms with Crippen molar-refractivity contribution in [3.05, 3.63) is 30.3 Å². The SMILES string of the molecule is CNCC1(O)CCC(N(C)c2ccccc2)CC1. The van der Waals surface area contributed by atoms with E-state index in [-0.39, 0.29) is 0 Å². The summed E-state index contributed by atoms with van der Waals surface area (Å²) in [7, 11) is 4.06. The molecule has 0 aromatic heterocycles. The Bertz CT molecular complexity index is 358. The molecule has 18 heavy (non-hydrogen) atoms. The molecular weight excluding hydrogens is 224 g/mol. The monoisotopic (exact) mass is 248 g/mol. The van der Waals surface area contributed by atoms with E-state index in [1.807, 2.05) is 13.1 Å². The van der Waals surface area contributed by atoms with Crippen LogP contribution in [-0.2, 0) is 0 Å². The molecule has 1 fully saturated rings. The van der Waals surface area contributed by atoms with Crippen LogP contribution in [0.5, 0.6) is 0 Å². The summed E-state index contributed by atoms with van der Waals surface area (Å²) in [4.78, 5) is 2.35. The fraction of sp³-hybridized carbons (Fsp3) is 0.600. The van der Waals surface area contributed by atoms with Crippen LogP contribution in [0, 0.1) is 0 Å². The van der Waals surface area contributed by atoms with Crippen molar-refractivity contribution in [2.75, 3.05) is 25.5 Å². The minimum Gasteiger partial charge on any atom is -0.389 e. The molecule has 3 nitrogen and oxygen atoms in total. The summed E-state index contributed by atoms with van der Waals surface area (Å²) in [6.07, 6.45) is 3.89. The minimum atomic E-state index is -0.497. The molecule has 0 aliphatic heterocycles. The van der Waals surface area contributed by atoms with E-state index in [9.17, 15) is 5.11 Å². The largest absolute Gasteiger partial charge is 0.389 e. The number of para-hydroxylation sites is 1. The lowest BCUT2D eigenvalue weighted by Gasteiger charge is -2.40. The number of aliphatic hydroxyl groups is 1. The van der Waals surface area contributed by atoms with Gasteiger partial charge in [-0.25, -0.2) is 0 Å². The van der Waals surface area contributed by atoms with Crippen LogP contribution in [0.3, 0.4) is 0 Å². The second kappa shape index (κ2) is 5.72. The first-order valence-electron chi connectivity index (χ1n) is 6.79. The van der Waals surface area contributed by atoms with Crippen LogP contribution in [0.1, 0.15) is 25.7 Å². The number of benzene rings is 1. The lowest BCUT2D eigenvalue weighted by molar-refractivity contribution is 0.00199. The van der Waals surface area contributed by atoms with Crippen LogP contribution >= 0.6 is 0 Å². The van der Waals surface area contributed by atoms with Crippen molar-refractivity contribution >= 4 is 5.69 Å². The quantitative estimate of drug-likeness (QED) is 0.855. The smallest absolute Gasteiger partial charge is 0.0773 e. The van der Waals surface area contributed by atoms with Crippen LogP contribution in [0.25, 0.3) is 0 Å². The van der Waals surface area contributed by atoms with Crippen molar-refractivity contribution < 1.29 is 5.11 Å². The summed E-state index contributed by atoms with van der Waals surface area (Å²) in [5.74, 6) is 0. The molecule has 2 rings (SSSR count). The van der Waals surface area contributed by atoms with Crippen LogP contribution < -0.4 is 10.2 Å². The predicted octanol–water partition coefficient (Wildman–Crippen LogP) is 2.02. The van der Waals surface area contributed by atoms with Gasteiger partial charge in [0.15, 0.2) is 0 Å². The lowest BCUT2D eigenvalue weighted by atomic mass is 9.81. The Morgan fingerprint density at radius 2 is 1.89 bits per heavy atom. The fourth-order valence-corrected chi connectivity index (χ4v) is 2.91. The molecule has 0 unspecified atom stereocenters. The van der Waals surface area contributed by atoms with Crippen LogP contribution in [0.2, 0.25) is 0 Å². The third kappa shape index (κ3) is 3.03. The maximum Gasteiger partial charge on any atom is 0.0773 e. The Morgan fingerprint density at radius 1 is 1.28 bits per heavy atom. The molecule has 0 bridgehead atoms. The molecule has 0 radical (unpaired) electrons. The molecule has 100 valence electrons. The highest BCUT2D eigenvalue weighted by Crippen LogP contribution is 2.31. The van der Waals surface area contributed by atoms with E-state index < -0.39 is 5.60 Å². The van der Waals surface area contributed by atoms with Crippen molar-refractivity contribution in [2.24, 2.45) is 0 Å². The summed E-state index contributed by atoms with van der Waals surface area (Å²) in [6.45, 7) is 0.703. The molecule has 0 heterocycles. The van der Waals surface area contributed by atoms with Gasteiger partial charge in [0, 0.05) is 25.3 Å². The van der Waals surface area contributed by atoms with Gasteiger partial charge in [0.1, 0.15) is 0 Å². The fourth-order valence-electron chi connectivity index (χ4n) is 2.91. The highest BCUT2D eigenvalue weighted by molar-refractivity contribution is 5.46. The summed E-state index contributed by atoms with van der Waals surface area (Å²) < 4.78 is 0. The van der Waals surface area contributed by atoms with E-state index in [0.717, 1.165) is 25.7 Å². The van der Waals surface area contributed by atoms with Gasteiger partial charge in [0.05, 0.1) is 5.60 Å². The first kappa shape index (κ1) is 13.4. The van der Waals surface area contributed by atoms with Crippen molar-refractivity contribution in [3.8, 4) is 0 Å². The third-order valence-corrected chi connectivity index (χ3v) is 4.10. The van der Waals surface area contributed by atoms with Gasteiger partial charge in [-0.2, -0.15) is 0 Å². The number of rotatable bonds is 4. The van der Waals surface area contributed by atoms with E-state index in [0.29, 0.717) is 12.6 Å². The van der Waals surface area contributed by atoms with E-state index in [2.05, 4.69) is 41.5 Å². The van der Waals surface area contributed by atoms with E-state index in [4.69, 9.17) is 0 Å². The molecule has 1 aromatic carbocycles. The van der Waals surface area contributed by atoms with Gasteiger partial charge in [-0.15, -0.1) is 0 Å². The highest BCUT2D eigenvalue weighted by Gasteiger charge is 2.33. The first-order chi connectivity index (χ1) is 8.64. The maximum atomic E-state index is 10.4. The molecule has 0 amide bonds. The van der Waals surface area contributed by atoms with Gasteiger partial charge >= 0.3 is 0 Å². The highest BCUT2D eigenvalue weighted by atomic mass is 16.3. The van der Waals surface area contributed by atoms with Gasteiger partial charge in [-0.05, 0) is 44.9 Å². The Balaban J connectivity index is 1.94. The predicted molar refractivity (Wildman–Crippen MR) is 76.0 cm³/mol. The van der Waals surface area contributed by atoms with E-state index in [1.54, 1.807) is 0 Å². The summed E-state index contributed by atoms with van der Waals surface area (Å²) in [5.41, 5.74) is 0.768. The molecule has 0 spiro atoms. The summed E-state index contributed by atoms with van der Waals surface area (Å²) >= 11 is 0. The first-order valence-corrected chi connectivity index (χ1v) is 6.79. The Hall–Kier alpha value is -1.06. The Morgan fingerprint density at radius 3 is 2.44 bits per heavy atom. The molecule has 1 aromatic rings. The number of anilines is 1. The molecule has 3 heteroatoms. The maximum absolute atomic E-state index is 10.4. The second-order valence-electron chi connectivity index (χ2n) is 5.43. The van der Waals surface area contributed by atoms with Crippen molar-refractivity contribution in [3.63, 3.8) is 0 Å². The van der Waals surface area contributed by atoms with Gasteiger partial charge in [-0.3, -0.25) is 0 Å². The van der Waals surface area contributed by atoms with Crippen molar-refractivity contribution in [2.45, 2.75) is 37.3 Å². The van der Waals surface area contributed by atoms with Crippen LogP contribution in [0.4, 0.5) is 5.69 Å². The minimum absolute atomic E-state index is 0.497. The number of nitrogens with zero attached hydrogens (tertiary/aromatic N) is 1. The van der Waals surface area contributed by atoms with Crippen molar-refractivity contribution in [1.29, 1.82) is 0 Å². The van der Waals surface area contributed by atoms with Gasteiger partial charge < -0.3 is 15.3 Å². The van der Waals surface area contributed by atoms with Crippen molar-refractivity contribution in [1.82, 2.24) is 5.32 Å². The average molecular weight is 248 g/mol. The zero-order chi connectivity index (χ0) is 13.0.